The number of hydrogen-bond donors (Lipinski definition) is 1. The van der Waals surface area contributed by atoms with Gasteiger partial charge < -0.3 is 14.8 Å². The maximum atomic E-state index is 5.31. The fourth-order valence-corrected chi connectivity index (χ4v) is 2.65. The van der Waals surface area contributed by atoms with E-state index in [1.54, 1.807) is 14.2 Å². The average Bonchev–Trinajstić information content (AvgIpc) is 2.81. The van der Waals surface area contributed by atoms with Crippen LogP contribution in [0.2, 0.25) is 0 Å². The summed E-state index contributed by atoms with van der Waals surface area (Å²) in [4.78, 5) is 0. The van der Waals surface area contributed by atoms with Crippen LogP contribution in [0.25, 0.3) is 0 Å². The van der Waals surface area contributed by atoms with Crippen LogP contribution in [0.4, 0.5) is 0 Å². The van der Waals surface area contributed by atoms with Crippen molar-refractivity contribution in [3.05, 3.63) is 23.8 Å². The van der Waals surface area contributed by atoms with Crippen molar-refractivity contribution >= 4 is 0 Å². The van der Waals surface area contributed by atoms with Gasteiger partial charge in [0.25, 0.3) is 0 Å². The first-order chi connectivity index (χ1) is 8.72. The summed E-state index contributed by atoms with van der Waals surface area (Å²) in [6.07, 6.45) is 3.95. The maximum Gasteiger partial charge on any atom is 0.161 e. The second-order valence-electron chi connectivity index (χ2n) is 5.19. The summed E-state index contributed by atoms with van der Waals surface area (Å²) in [6, 6.07) is 6.78. The van der Waals surface area contributed by atoms with Gasteiger partial charge >= 0.3 is 0 Å². The molecule has 1 aromatic rings. The number of nitrogens with one attached hydrogen (secondary N) is 1. The normalized spacial score (nSPS) is 23.1. The van der Waals surface area contributed by atoms with E-state index >= 15 is 0 Å². The van der Waals surface area contributed by atoms with Gasteiger partial charge in [-0.2, -0.15) is 0 Å². The zero-order valence-electron chi connectivity index (χ0n) is 11.5. The van der Waals surface area contributed by atoms with Gasteiger partial charge in [-0.1, -0.05) is 13.0 Å². The summed E-state index contributed by atoms with van der Waals surface area (Å²) >= 11 is 0. The zero-order chi connectivity index (χ0) is 13.0. The van der Waals surface area contributed by atoms with Gasteiger partial charge in [0.15, 0.2) is 11.5 Å². The van der Waals surface area contributed by atoms with E-state index in [2.05, 4.69) is 18.3 Å². The molecule has 1 aliphatic carbocycles. The first-order valence-corrected chi connectivity index (χ1v) is 6.67. The first-order valence-electron chi connectivity index (χ1n) is 6.67. The highest BCUT2D eigenvalue weighted by atomic mass is 16.5. The Labute approximate surface area is 109 Å². The van der Waals surface area contributed by atoms with Crippen LogP contribution in [0, 0.1) is 5.92 Å². The Balaban J connectivity index is 1.93. The van der Waals surface area contributed by atoms with E-state index in [0.717, 1.165) is 24.0 Å². The van der Waals surface area contributed by atoms with E-state index in [-0.39, 0.29) is 0 Å². The molecule has 3 heteroatoms. The lowest BCUT2D eigenvalue weighted by Gasteiger charge is -2.14. The molecule has 2 unspecified atom stereocenters. The third-order valence-electron chi connectivity index (χ3n) is 3.74. The van der Waals surface area contributed by atoms with Crippen LogP contribution in [0.5, 0.6) is 11.5 Å². The standard InChI is InChI=1S/C15H23NO2/c1-11-4-6-13(8-11)16-10-12-5-7-14(17-2)15(9-12)18-3/h5,7,9,11,13,16H,4,6,8,10H2,1-3H3. The third-order valence-corrected chi connectivity index (χ3v) is 3.74. The smallest absolute Gasteiger partial charge is 0.161 e. The van der Waals surface area contributed by atoms with Gasteiger partial charge in [-0.25, -0.2) is 0 Å². The highest BCUT2D eigenvalue weighted by Crippen LogP contribution is 2.28. The minimum absolute atomic E-state index is 0.674. The molecule has 3 nitrogen and oxygen atoms in total. The summed E-state index contributed by atoms with van der Waals surface area (Å²) in [5.74, 6) is 2.46. The molecule has 1 N–H and O–H groups in total. The van der Waals surface area contributed by atoms with Crippen LogP contribution in [0.15, 0.2) is 18.2 Å². The van der Waals surface area contributed by atoms with Crippen LogP contribution in [-0.4, -0.2) is 20.3 Å². The van der Waals surface area contributed by atoms with E-state index in [0.29, 0.717) is 6.04 Å². The number of rotatable bonds is 5. The lowest BCUT2D eigenvalue weighted by molar-refractivity contribution is 0.354. The van der Waals surface area contributed by atoms with Gasteiger partial charge in [0, 0.05) is 12.6 Å². The van der Waals surface area contributed by atoms with E-state index < -0.39 is 0 Å². The fraction of sp³-hybridized carbons (Fsp3) is 0.600. The average molecular weight is 249 g/mol. The Morgan fingerprint density at radius 3 is 2.56 bits per heavy atom. The van der Waals surface area contributed by atoms with Gasteiger partial charge in [0.2, 0.25) is 0 Å². The van der Waals surface area contributed by atoms with Crippen molar-refractivity contribution in [3.63, 3.8) is 0 Å². The van der Waals surface area contributed by atoms with Crippen molar-refractivity contribution in [2.75, 3.05) is 14.2 Å². The fourth-order valence-electron chi connectivity index (χ4n) is 2.65. The molecule has 1 fully saturated rings. The van der Waals surface area contributed by atoms with Gasteiger partial charge in [-0.3, -0.25) is 0 Å². The minimum atomic E-state index is 0.674. The van der Waals surface area contributed by atoms with Crippen LogP contribution in [0.3, 0.4) is 0 Å². The lowest BCUT2D eigenvalue weighted by atomic mass is 10.1. The summed E-state index contributed by atoms with van der Waals surface area (Å²) in [5.41, 5.74) is 1.24. The third kappa shape index (κ3) is 3.16. The second kappa shape index (κ2) is 6.10. The minimum Gasteiger partial charge on any atom is -0.493 e. The van der Waals surface area contributed by atoms with Gasteiger partial charge in [0.1, 0.15) is 0 Å². The van der Waals surface area contributed by atoms with Crippen molar-refractivity contribution in [2.24, 2.45) is 5.92 Å². The number of benzene rings is 1. The number of hydrogen-bond acceptors (Lipinski definition) is 3. The molecule has 0 aromatic heterocycles. The molecule has 100 valence electrons. The number of methoxy groups -OCH3 is 2. The topological polar surface area (TPSA) is 30.5 Å². The van der Waals surface area contributed by atoms with Crippen molar-refractivity contribution in [3.8, 4) is 11.5 Å². The molecule has 0 radical (unpaired) electrons. The molecule has 0 bridgehead atoms. The quantitative estimate of drug-likeness (QED) is 0.870. The summed E-state index contributed by atoms with van der Waals surface area (Å²) in [7, 11) is 3.34. The SMILES string of the molecule is COc1ccc(CNC2CCC(C)C2)cc1OC. The van der Waals surface area contributed by atoms with Crippen LogP contribution < -0.4 is 14.8 Å². The Morgan fingerprint density at radius 1 is 1.17 bits per heavy atom. The monoisotopic (exact) mass is 249 g/mol. The number of ether oxygens (including phenoxy) is 2. The molecular weight excluding hydrogens is 226 g/mol. The first kappa shape index (κ1) is 13.2. The van der Waals surface area contributed by atoms with Crippen LogP contribution >= 0.6 is 0 Å². The predicted molar refractivity (Wildman–Crippen MR) is 73.2 cm³/mol. The Bertz CT molecular complexity index is 392. The molecule has 0 spiro atoms. The molecule has 2 atom stereocenters. The Morgan fingerprint density at radius 2 is 1.94 bits per heavy atom. The molecule has 2 rings (SSSR count). The second-order valence-corrected chi connectivity index (χ2v) is 5.19. The molecule has 1 aliphatic rings. The van der Waals surface area contributed by atoms with E-state index in [4.69, 9.17) is 9.47 Å². The van der Waals surface area contributed by atoms with E-state index in [1.807, 2.05) is 12.1 Å². The van der Waals surface area contributed by atoms with Crippen LogP contribution in [-0.2, 0) is 6.54 Å². The van der Waals surface area contributed by atoms with E-state index in [1.165, 1.54) is 24.8 Å². The highest BCUT2D eigenvalue weighted by molar-refractivity contribution is 5.42. The summed E-state index contributed by atoms with van der Waals surface area (Å²) in [6.45, 7) is 3.23. The molecule has 1 aromatic carbocycles. The molecule has 0 aliphatic heterocycles. The highest BCUT2D eigenvalue weighted by Gasteiger charge is 2.20. The van der Waals surface area contributed by atoms with Crippen molar-refractivity contribution in [1.82, 2.24) is 5.32 Å². The Kier molecular flexibility index (Phi) is 4.48. The van der Waals surface area contributed by atoms with Crippen molar-refractivity contribution in [1.29, 1.82) is 0 Å². The van der Waals surface area contributed by atoms with Crippen molar-refractivity contribution < 1.29 is 9.47 Å². The summed E-state index contributed by atoms with van der Waals surface area (Å²) < 4.78 is 10.6. The van der Waals surface area contributed by atoms with Gasteiger partial charge in [0.05, 0.1) is 14.2 Å². The van der Waals surface area contributed by atoms with Crippen LogP contribution in [0.1, 0.15) is 31.7 Å². The van der Waals surface area contributed by atoms with Gasteiger partial charge in [-0.05, 0) is 42.9 Å². The largest absolute Gasteiger partial charge is 0.493 e. The maximum absolute atomic E-state index is 5.31. The molecule has 1 saturated carbocycles. The van der Waals surface area contributed by atoms with Crippen molar-refractivity contribution in [2.45, 2.75) is 38.8 Å². The molecule has 0 heterocycles. The molecule has 18 heavy (non-hydrogen) atoms. The molecule has 0 saturated heterocycles. The van der Waals surface area contributed by atoms with E-state index in [9.17, 15) is 0 Å². The van der Waals surface area contributed by atoms with Gasteiger partial charge in [-0.15, -0.1) is 0 Å². The zero-order valence-corrected chi connectivity index (χ0v) is 11.5. The molecule has 0 amide bonds. The lowest BCUT2D eigenvalue weighted by Crippen LogP contribution is -2.25. The summed E-state index contributed by atoms with van der Waals surface area (Å²) in [5, 5.41) is 3.62. The predicted octanol–water partition coefficient (Wildman–Crippen LogP) is 2.98. The molecular formula is C15H23NO2. The Hall–Kier alpha value is -1.22.